The number of methoxy groups -OCH3 is 1. The van der Waals surface area contributed by atoms with Crippen LogP contribution in [0.5, 0.6) is 5.75 Å². The van der Waals surface area contributed by atoms with Crippen molar-refractivity contribution in [2.24, 2.45) is 0 Å². The summed E-state index contributed by atoms with van der Waals surface area (Å²) in [7, 11) is 1.62. The third-order valence-corrected chi connectivity index (χ3v) is 2.02. The van der Waals surface area contributed by atoms with Crippen molar-refractivity contribution in [1.29, 1.82) is 0 Å². The lowest BCUT2D eigenvalue weighted by molar-refractivity contribution is 0.382. The Hall–Kier alpha value is -2.04. The maximum atomic E-state index is 10.7. The van der Waals surface area contributed by atoms with E-state index in [1.165, 1.54) is 0 Å². The summed E-state index contributed by atoms with van der Waals surface area (Å²) in [4.78, 5) is 13.2. The molecule has 2 aromatic rings. The van der Waals surface area contributed by atoms with Crippen molar-refractivity contribution in [3.05, 3.63) is 46.2 Å². The Morgan fingerprint density at radius 2 is 2.13 bits per heavy atom. The van der Waals surface area contributed by atoms with Gasteiger partial charge in [-0.15, -0.1) is 0 Å². The van der Waals surface area contributed by atoms with Gasteiger partial charge in [-0.2, -0.15) is 0 Å². The van der Waals surface area contributed by atoms with Gasteiger partial charge >= 0.3 is 5.76 Å². The van der Waals surface area contributed by atoms with Gasteiger partial charge in [0, 0.05) is 6.42 Å². The van der Waals surface area contributed by atoms with Crippen LogP contribution in [-0.2, 0) is 6.42 Å². The molecule has 0 saturated carbocycles. The molecule has 0 aliphatic heterocycles. The van der Waals surface area contributed by atoms with Crippen molar-refractivity contribution in [1.82, 2.24) is 10.1 Å². The third kappa shape index (κ3) is 2.25. The highest BCUT2D eigenvalue weighted by Gasteiger charge is 2.02. The molecular formula is C10H10N2O3. The molecule has 1 N–H and O–H groups in total. The number of nitrogens with one attached hydrogen (secondary N) is 1. The zero-order chi connectivity index (χ0) is 10.7. The predicted molar refractivity (Wildman–Crippen MR) is 52.9 cm³/mol. The average molecular weight is 206 g/mol. The predicted octanol–water partition coefficient (Wildman–Crippen LogP) is 0.962. The first-order valence-electron chi connectivity index (χ1n) is 4.46. The number of H-pyrrole nitrogens is 1. The first-order chi connectivity index (χ1) is 7.28. The highest BCUT2D eigenvalue weighted by molar-refractivity contribution is 5.28. The number of benzene rings is 1. The molecule has 1 heterocycles. The van der Waals surface area contributed by atoms with Crippen LogP contribution >= 0.6 is 0 Å². The molecular weight excluding hydrogens is 196 g/mol. The van der Waals surface area contributed by atoms with Crippen molar-refractivity contribution in [3.63, 3.8) is 0 Å². The molecule has 0 aliphatic rings. The van der Waals surface area contributed by atoms with E-state index in [0.29, 0.717) is 12.2 Å². The summed E-state index contributed by atoms with van der Waals surface area (Å²) in [6, 6.07) is 7.53. The van der Waals surface area contributed by atoms with Gasteiger partial charge in [0.2, 0.25) is 0 Å². The molecule has 1 aromatic carbocycles. The van der Waals surface area contributed by atoms with E-state index in [1.807, 2.05) is 24.3 Å². The van der Waals surface area contributed by atoms with Gasteiger partial charge in [-0.05, 0) is 17.7 Å². The minimum atomic E-state index is -0.529. The second-order valence-electron chi connectivity index (χ2n) is 3.07. The number of aromatic amines is 1. The molecule has 15 heavy (non-hydrogen) atoms. The van der Waals surface area contributed by atoms with Gasteiger partial charge in [0.25, 0.3) is 0 Å². The smallest absolute Gasteiger partial charge is 0.438 e. The van der Waals surface area contributed by atoms with Gasteiger partial charge in [-0.25, -0.2) is 4.79 Å². The number of aromatic nitrogens is 2. The van der Waals surface area contributed by atoms with Gasteiger partial charge in [-0.3, -0.25) is 9.51 Å². The van der Waals surface area contributed by atoms with Crippen LogP contribution in [0.25, 0.3) is 0 Å². The van der Waals surface area contributed by atoms with Crippen LogP contribution < -0.4 is 10.5 Å². The first kappa shape index (κ1) is 9.51. The van der Waals surface area contributed by atoms with Crippen molar-refractivity contribution in [2.45, 2.75) is 6.42 Å². The molecule has 0 bridgehead atoms. The zero-order valence-electron chi connectivity index (χ0n) is 8.19. The summed E-state index contributed by atoms with van der Waals surface area (Å²) < 4.78 is 9.43. The van der Waals surface area contributed by atoms with Crippen molar-refractivity contribution in [3.8, 4) is 5.75 Å². The lowest BCUT2D eigenvalue weighted by Crippen LogP contribution is -1.97. The van der Waals surface area contributed by atoms with Crippen LogP contribution in [0.3, 0.4) is 0 Å². The summed E-state index contributed by atoms with van der Waals surface area (Å²) in [5.74, 6) is 0.788. The second-order valence-corrected chi connectivity index (χ2v) is 3.07. The fourth-order valence-electron chi connectivity index (χ4n) is 1.27. The quantitative estimate of drug-likeness (QED) is 0.812. The maximum absolute atomic E-state index is 10.7. The average Bonchev–Trinajstić information content (AvgIpc) is 2.65. The Balaban J connectivity index is 2.14. The Morgan fingerprint density at radius 1 is 1.40 bits per heavy atom. The standard InChI is InChI=1S/C10H10N2O3/c1-14-8-4-2-7(3-5-8)6-9-11-10(13)15-12-9/h2-5H,6H2,1H3,(H,11,12,13). The van der Waals surface area contributed by atoms with Crippen LogP contribution in [-0.4, -0.2) is 17.3 Å². The van der Waals surface area contributed by atoms with Gasteiger partial charge in [-0.1, -0.05) is 17.3 Å². The fraction of sp³-hybridized carbons (Fsp3) is 0.200. The van der Waals surface area contributed by atoms with E-state index in [2.05, 4.69) is 14.7 Å². The minimum Gasteiger partial charge on any atom is -0.497 e. The first-order valence-corrected chi connectivity index (χ1v) is 4.46. The largest absolute Gasteiger partial charge is 0.497 e. The molecule has 2 rings (SSSR count). The van der Waals surface area contributed by atoms with Crippen LogP contribution in [0, 0.1) is 0 Å². The van der Waals surface area contributed by atoms with Gasteiger partial charge < -0.3 is 4.74 Å². The highest BCUT2D eigenvalue weighted by atomic mass is 16.5. The Bertz CT molecular complexity index is 484. The lowest BCUT2D eigenvalue weighted by atomic mass is 10.1. The van der Waals surface area contributed by atoms with E-state index in [-0.39, 0.29) is 0 Å². The zero-order valence-corrected chi connectivity index (χ0v) is 8.19. The minimum absolute atomic E-state index is 0.519. The summed E-state index contributed by atoms with van der Waals surface area (Å²) >= 11 is 0. The van der Waals surface area contributed by atoms with Gasteiger partial charge in [0.05, 0.1) is 7.11 Å². The summed E-state index contributed by atoms with van der Waals surface area (Å²) in [6.45, 7) is 0. The van der Waals surface area contributed by atoms with Crippen LogP contribution in [0.1, 0.15) is 11.4 Å². The summed E-state index contributed by atoms with van der Waals surface area (Å²) in [5, 5.41) is 3.58. The third-order valence-electron chi connectivity index (χ3n) is 2.02. The molecule has 0 fully saturated rings. The molecule has 5 heteroatoms. The van der Waals surface area contributed by atoms with E-state index in [4.69, 9.17) is 4.74 Å². The molecule has 78 valence electrons. The highest BCUT2D eigenvalue weighted by Crippen LogP contribution is 2.12. The Labute approximate surface area is 85.7 Å². The van der Waals surface area contributed by atoms with Gasteiger partial charge in [0.15, 0.2) is 5.82 Å². The fourth-order valence-corrected chi connectivity index (χ4v) is 1.27. The molecule has 0 spiro atoms. The molecule has 1 aromatic heterocycles. The molecule has 5 nitrogen and oxygen atoms in total. The van der Waals surface area contributed by atoms with Crippen molar-refractivity contribution in [2.75, 3.05) is 7.11 Å². The van der Waals surface area contributed by atoms with Crippen molar-refractivity contribution >= 4 is 0 Å². The molecule has 0 unspecified atom stereocenters. The van der Waals surface area contributed by atoms with E-state index in [0.717, 1.165) is 11.3 Å². The maximum Gasteiger partial charge on any atom is 0.438 e. The summed E-state index contributed by atoms with van der Waals surface area (Å²) in [5.41, 5.74) is 1.03. The number of hydrogen-bond donors (Lipinski definition) is 1. The summed E-state index contributed by atoms with van der Waals surface area (Å²) in [6.07, 6.45) is 0.537. The number of nitrogens with zero attached hydrogens (tertiary/aromatic N) is 1. The molecule has 0 aliphatic carbocycles. The Morgan fingerprint density at radius 3 is 2.67 bits per heavy atom. The van der Waals surface area contributed by atoms with Crippen molar-refractivity contribution < 1.29 is 9.26 Å². The molecule has 0 saturated heterocycles. The number of hydrogen-bond acceptors (Lipinski definition) is 4. The van der Waals surface area contributed by atoms with Gasteiger partial charge in [0.1, 0.15) is 5.75 Å². The van der Waals surface area contributed by atoms with E-state index in [1.54, 1.807) is 7.11 Å². The van der Waals surface area contributed by atoms with E-state index >= 15 is 0 Å². The topological polar surface area (TPSA) is 68.1 Å². The lowest BCUT2D eigenvalue weighted by Gasteiger charge is -2.00. The van der Waals surface area contributed by atoms with Crippen LogP contribution in [0.2, 0.25) is 0 Å². The second kappa shape index (κ2) is 4.00. The molecule has 0 atom stereocenters. The van der Waals surface area contributed by atoms with Crippen LogP contribution in [0.15, 0.2) is 33.6 Å². The molecule has 0 radical (unpaired) electrons. The number of ether oxygens (including phenoxy) is 1. The normalized spacial score (nSPS) is 10.2. The van der Waals surface area contributed by atoms with E-state index < -0.39 is 5.76 Å². The SMILES string of the molecule is COc1ccc(Cc2noc(=O)[nH]2)cc1. The molecule has 0 amide bonds. The van der Waals surface area contributed by atoms with E-state index in [9.17, 15) is 4.79 Å². The number of rotatable bonds is 3. The Kier molecular flexibility index (Phi) is 2.53. The monoisotopic (exact) mass is 206 g/mol. The van der Waals surface area contributed by atoms with Crippen LogP contribution in [0.4, 0.5) is 0 Å².